The molecule has 0 aliphatic carbocycles. The van der Waals surface area contributed by atoms with Gasteiger partial charge in [-0.05, 0) is 24.8 Å². The number of hydrogen-bond acceptors (Lipinski definition) is 4. The van der Waals surface area contributed by atoms with Crippen LogP contribution in [0, 0.1) is 0 Å². The van der Waals surface area contributed by atoms with Crippen LogP contribution in [-0.4, -0.2) is 35.8 Å². The van der Waals surface area contributed by atoms with Crippen molar-refractivity contribution in [3.63, 3.8) is 0 Å². The van der Waals surface area contributed by atoms with Gasteiger partial charge in [-0.15, -0.1) is 11.3 Å². The summed E-state index contributed by atoms with van der Waals surface area (Å²) in [5.74, 6) is -0.406. The Morgan fingerprint density at radius 2 is 2.25 bits per heavy atom. The van der Waals surface area contributed by atoms with Gasteiger partial charge in [0, 0.05) is 18.3 Å². The van der Waals surface area contributed by atoms with Crippen molar-refractivity contribution < 1.29 is 14.4 Å². The number of amides is 4. The van der Waals surface area contributed by atoms with Crippen molar-refractivity contribution in [1.29, 1.82) is 0 Å². The van der Waals surface area contributed by atoms with Crippen LogP contribution < -0.4 is 10.6 Å². The van der Waals surface area contributed by atoms with E-state index in [-0.39, 0.29) is 24.3 Å². The molecule has 7 heteroatoms. The summed E-state index contributed by atoms with van der Waals surface area (Å²) in [6.45, 7) is 1.97. The van der Waals surface area contributed by atoms with Crippen molar-refractivity contribution in [2.24, 2.45) is 0 Å². The molecule has 2 unspecified atom stereocenters. The molecule has 4 amide bonds. The first kappa shape index (κ1) is 14.5. The molecular formula is C13H17N3O3S. The quantitative estimate of drug-likeness (QED) is 0.803. The highest BCUT2D eigenvalue weighted by Gasteiger charge is 2.30. The second-order valence-corrected chi connectivity index (χ2v) is 5.73. The number of urea groups is 1. The van der Waals surface area contributed by atoms with Gasteiger partial charge in [-0.25, -0.2) is 4.79 Å². The Labute approximate surface area is 121 Å². The van der Waals surface area contributed by atoms with E-state index in [9.17, 15) is 14.4 Å². The molecule has 0 spiro atoms. The fraction of sp³-hybridized carbons (Fsp3) is 0.462. The first-order valence-electron chi connectivity index (χ1n) is 6.39. The largest absolute Gasteiger partial charge is 0.338 e. The maximum absolute atomic E-state index is 12.1. The van der Waals surface area contributed by atoms with E-state index in [0.717, 1.165) is 4.88 Å². The van der Waals surface area contributed by atoms with Gasteiger partial charge in [0.25, 0.3) is 5.91 Å². The zero-order valence-corrected chi connectivity index (χ0v) is 12.2. The second kappa shape index (κ2) is 6.04. The molecule has 0 bridgehead atoms. The van der Waals surface area contributed by atoms with Crippen molar-refractivity contribution in [2.75, 3.05) is 7.05 Å². The number of imide groups is 1. The lowest BCUT2D eigenvalue weighted by molar-refractivity contribution is -0.132. The zero-order valence-electron chi connectivity index (χ0n) is 11.4. The summed E-state index contributed by atoms with van der Waals surface area (Å²) in [7, 11) is 1.75. The third-order valence-electron chi connectivity index (χ3n) is 3.43. The smallest absolute Gasteiger partial charge is 0.322 e. The molecule has 0 aromatic carbocycles. The molecule has 0 radical (unpaired) electrons. The fourth-order valence-electron chi connectivity index (χ4n) is 2.04. The van der Waals surface area contributed by atoms with Crippen LogP contribution in [0.15, 0.2) is 17.5 Å². The fourth-order valence-corrected chi connectivity index (χ4v) is 2.87. The first-order valence-corrected chi connectivity index (χ1v) is 7.27. The van der Waals surface area contributed by atoms with Crippen LogP contribution in [0.4, 0.5) is 4.79 Å². The minimum Gasteiger partial charge on any atom is -0.338 e. The van der Waals surface area contributed by atoms with Gasteiger partial charge < -0.3 is 10.2 Å². The predicted octanol–water partition coefficient (Wildman–Crippen LogP) is 1.26. The highest BCUT2D eigenvalue weighted by molar-refractivity contribution is 7.10. The average Bonchev–Trinajstić information content (AvgIpc) is 3.04. The number of rotatable bonds is 5. The zero-order chi connectivity index (χ0) is 14.7. The number of hydrogen-bond donors (Lipinski definition) is 2. The van der Waals surface area contributed by atoms with Crippen LogP contribution in [0.5, 0.6) is 0 Å². The van der Waals surface area contributed by atoms with Gasteiger partial charge >= 0.3 is 6.03 Å². The van der Waals surface area contributed by atoms with Gasteiger partial charge in [0.05, 0.1) is 6.04 Å². The van der Waals surface area contributed by atoms with Gasteiger partial charge in [-0.1, -0.05) is 6.07 Å². The molecule has 1 saturated heterocycles. The molecule has 2 heterocycles. The van der Waals surface area contributed by atoms with Crippen molar-refractivity contribution in [3.8, 4) is 0 Å². The van der Waals surface area contributed by atoms with E-state index in [1.807, 2.05) is 24.4 Å². The molecule has 108 valence electrons. The Kier molecular flexibility index (Phi) is 4.39. The standard InChI is InChI=1S/C13H17N3O3S/c1-8(10-4-3-7-20-10)16(2)11(17)6-5-9-12(18)15-13(19)14-9/h3-4,7-9H,5-6H2,1-2H3,(H2,14,15,18,19). The molecule has 1 aliphatic heterocycles. The van der Waals surface area contributed by atoms with Crippen LogP contribution in [0.1, 0.15) is 30.7 Å². The van der Waals surface area contributed by atoms with E-state index >= 15 is 0 Å². The summed E-state index contributed by atoms with van der Waals surface area (Å²) in [6.07, 6.45) is 0.544. The molecule has 1 aliphatic rings. The Bertz CT molecular complexity index is 515. The van der Waals surface area contributed by atoms with E-state index in [0.29, 0.717) is 6.42 Å². The number of carbonyl (C=O) groups excluding carboxylic acids is 3. The van der Waals surface area contributed by atoms with Crippen LogP contribution in [0.2, 0.25) is 0 Å². The van der Waals surface area contributed by atoms with E-state index in [2.05, 4.69) is 10.6 Å². The molecule has 0 saturated carbocycles. The normalized spacial score (nSPS) is 19.4. The van der Waals surface area contributed by atoms with Crippen LogP contribution in [-0.2, 0) is 9.59 Å². The topological polar surface area (TPSA) is 78.5 Å². The van der Waals surface area contributed by atoms with Gasteiger partial charge in [-0.2, -0.15) is 0 Å². The molecular weight excluding hydrogens is 278 g/mol. The summed E-state index contributed by atoms with van der Waals surface area (Å²) >= 11 is 1.61. The van der Waals surface area contributed by atoms with Crippen molar-refractivity contribution >= 4 is 29.2 Å². The van der Waals surface area contributed by atoms with E-state index < -0.39 is 12.1 Å². The van der Waals surface area contributed by atoms with Gasteiger partial charge in [0.1, 0.15) is 6.04 Å². The summed E-state index contributed by atoms with van der Waals surface area (Å²) < 4.78 is 0. The highest BCUT2D eigenvalue weighted by atomic mass is 32.1. The number of nitrogens with zero attached hydrogens (tertiary/aromatic N) is 1. The van der Waals surface area contributed by atoms with Gasteiger partial charge in [-0.3, -0.25) is 14.9 Å². The van der Waals surface area contributed by atoms with Gasteiger partial charge in [0.2, 0.25) is 5.91 Å². The van der Waals surface area contributed by atoms with Crippen molar-refractivity contribution in [2.45, 2.75) is 31.8 Å². The summed E-state index contributed by atoms with van der Waals surface area (Å²) in [4.78, 5) is 37.2. The lowest BCUT2D eigenvalue weighted by Crippen LogP contribution is -2.33. The number of thiophene rings is 1. The number of nitrogens with one attached hydrogen (secondary N) is 2. The van der Waals surface area contributed by atoms with Crippen molar-refractivity contribution in [3.05, 3.63) is 22.4 Å². The molecule has 1 fully saturated rings. The van der Waals surface area contributed by atoms with Crippen LogP contribution in [0.3, 0.4) is 0 Å². The minimum absolute atomic E-state index is 0.00879. The minimum atomic E-state index is -0.600. The number of carbonyl (C=O) groups is 3. The van der Waals surface area contributed by atoms with E-state index in [1.165, 1.54) is 0 Å². The highest BCUT2D eigenvalue weighted by Crippen LogP contribution is 2.24. The Morgan fingerprint density at radius 3 is 2.80 bits per heavy atom. The van der Waals surface area contributed by atoms with Gasteiger partial charge in [0.15, 0.2) is 0 Å². The van der Waals surface area contributed by atoms with Crippen LogP contribution in [0.25, 0.3) is 0 Å². The molecule has 6 nitrogen and oxygen atoms in total. The molecule has 2 atom stereocenters. The Balaban J connectivity index is 1.85. The maximum Gasteiger partial charge on any atom is 0.322 e. The third kappa shape index (κ3) is 3.16. The maximum atomic E-state index is 12.1. The third-order valence-corrected chi connectivity index (χ3v) is 4.48. The lowest BCUT2D eigenvalue weighted by Gasteiger charge is -2.24. The molecule has 20 heavy (non-hydrogen) atoms. The molecule has 1 aromatic rings. The van der Waals surface area contributed by atoms with E-state index in [1.54, 1.807) is 23.3 Å². The Morgan fingerprint density at radius 1 is 1.50 bits per heavy atom. The summed E-state index contributed by atoms with van der Waals surface area (Å²) in [5.41, 5.74) is 0. The predicted molar refractivity (Wildman–Crippen MR) is 75.2 cm³/mol. The monoisotopic (exact) mass is 295 g/mol. The SMILES string of the molecule is CC(c1cccs1)N(C)C(=O)CCC1NC(=O)NC1=O. The molecule has 2 rings (SSSR count). The Hall–Kier alpha value is -1.89. The average molecular weight is 295 g/mol. The lowest BCUT2D eigenvalue weighted by atomic mass is 10.1. The summed E-state index contributed by atoms with van der Waals surface area (Å²) in [6, 6.07) is 2.86. The molecule has 1 aromatic heterocycles. The van der Waals surface area contributed by atoms with E-state index in [4.69, 9.17) is 0 Å². The first-order chi connectivity index (χ1) is 9.49. The van der Waals surface area contributed by atoms with Crippen molar-refractivity contribution in [1.82, 2.24) is 15.5 Å². The second-order valence-electron chi connectivity index (χ2n) is 4.75. The molecule has 2 N–H and O–H groups in total. The van der Waals surface area contributed by atoms with Crippen LogP contribution >= 0.6 is 11.3 Å². The summed E-state index contributed by atoms with van der Waals surface area (Å²) in [5, 5.41) is 6.61.